The van der Waals surface area contributed by atoms with Crippen molar-refractivity contribution in [1.82, 2.24) is 5.32 Å². The molecule has 88 valence electrons. The Bertz CT molecular complexity index is 329. The van der Waals surface area contributed by atoms with Gasteiger partial charge in [0.2, 0.25) is 0 Å². The van der Waals surface area contributed by atoms with Gasteiger partial charge in [-0.3, -0.25) is 0 Å². The number of hydrogen-bond acceptors (Lipinski definition) is 2. The molecule has 1 fully saturated rings. The van der Waals surface area contributed by atoms with Crippen molar-refractivity contribution in [2.45, 2.75) is 31.6 Å². The van der Waals surface area contributed by atoms with E-state index in [4.69, 9.17) is 5.73 Å². The molecule has 1 aromatic rings. The van der Waals surface area contributed by atoms with E-state index in [-0.39, 0.29) is 0 Å². The first kappa shape index (κ1) is 11.6. The van der Waals surface area contributed by atoms with Gasteiger partial charge in [0.25, 0.3) is 0 Å². The summed E-state index contributed by atoms with van der Waals surface area (Å²) in [5.74, 6) is 1.21. The molecular weight excluding hydrogens is 196 g/mol. The van der Waals surface area contributed by atoms with E-state index in [0.29, 0.717) is 5.92 Å². The van der Waals surface area contributed by atoms with E-state index < -0.39 is 0 Å². The van der Waals surface area contributed by atoms with Crippen LogP contribution < -0.4 is 11.1 Å². The van der Waals surface area contributed by atoms with Gasteiger partial charge < -0.3 is 11.1 Å². The fourth-order valence-electron chi connectivity index (χ4n) is 2.59. The molecule has 1 aliphatic rings. The SMILES string of the molecule is CC(CN)c1ccccc1C1CCNCC1. The normalized spacial score (nSPS) is 19.6. The number of hydrogen-bond donors (Lipinski definition) is 2. The summed E-state index contributed by atoms with van der Waals surface area (Å²) in [7, 11) is 0. The molecule has 0 spiro atoms. The van der Waals surface area contributed by atoms with Gasteiger partial charge in [-0.25, -0.2) is 0 Å². The highest BCUT2D eigenvalue weighted by molar-refractivity contribution is 5.33. The summed E-state index contributed by atoms with van der Waals surface area (Å²) in [5.41, 5.74) is 8.78. The molecule has 0 aromatic heterocycles. The quantitative estimate of drug-likeness (QED) is 0.816. The largest absolute Gasteiger partial charge is 0.330 e. The zero-order chi connectivity index (χ0) is 11.4. The molecule has 1 atom stereocenters. The minimum absolute atomic E-state index is 0.478. The molecule has 3 N–H and O–H groups in total. The van der Waals surface area contributed by atoms with Crippen molar-refractivity contribution in [2.75, 3.05) is 19.6 Å². The lowest BCUT2D eigenvalue weighted by molar-refractivity contribution is 0.457. The van der Waals surface area contributed by atoms with Crippen LogP contribution in [0.1, 0.15) is 42.7 Å². The van der Waals surface area contributed by atoms with Crippen LogP contribution in [0.5, 0.6) is 0 Å². The van der Waals surface area contributed by atoms with Crippen LogP contribution in [0.15, 0.2) is 24.3 Å². The molecule has 2 rings (SSSR count). The van der Waals surface area contributed by atoms with Crippen molar-refractivity contribution >= 4 is 0 Å². The highest BCUT2D eigenvalue weighted by atomic mass is 14.9. The topological polar surface area (TPSA) is 38.0 Å². The first-order valence-corrected chi connectivity index (χ1v) is 6.32. The van der Waals surface area contributed by atoms with Crippen LogP contribution in [-0.4, -0.2) is 19.6 Å². The number of nitrogens with one attached hydrogen (secondary N) is 1. The summed E-state index contributed by atoms with van der Waals surface area (Å²) in [5, 5.41) is 3.42. The van der Waals surface area contributed by atoms with Crippen molar-refractivity contribution < 1.29 is 0 Å². The van der Waals surface area contributed by atoms with Gasteiger partial charge in [0.1, 0.15) is 0 Å². The van der Waals surface area contributed by atoms with Crippen molar-refractivity contribution in [1.29, 1.82) is 0 Å². The molecule has 1 unspecified atom stereocenters. The summed E-state index contributed by atoms with van der Waals surface area (Å²) in [4.78, 5) is 0. The second kappa shape index (κ2) is 5.46. The van der Waals surface area contributed by atoms with Gasteiger partial charge in [0.05, 0.1) is 0 Å². The van der Waals surface area contributed by atoms with Crippen LogP contribution in [0, 0.1) is 0 Å². The molecule has 2 heteroatoms. The summed E-state index contributed by atoms with van der Waals surface area (Å²) >= 11 is 0. The standard InChI is InChI=1S/C14H22N2/c1-11(10-15)13-4-2-3-5-14(13)12-6-8-16-9-7-12/h2-5,11-12,16H,6-10,15H2,1H3. The van der Waals surface area contributed by atoms with E-state index in [9.17, 15) is 0 Å². The molecule has 2 nitrogen and oxygen atoms in total. The molecule has 1 heterocycles. The zero-order valence-corrected chi connectivity index (χ0v) is 10.1. The van der Waals surface area contributed by atoms with E-state index in [1.54, 1.807) is 0 Å². The van der Waals surface area contributed by atoms with Crippen LogP contribution in [-0.2, 0) is 0 Å². The fraction of sp³-hybridized carbons (Fsp3) is 0.571. The molecule has 0 saturated carbocycles. The molecule has 0 amide bonds. The Morgan fingerprint density at radius 2 is 2.00 bits per heavy atom. The highest BCUT2D eigenvalue weighted by Gasteiger charge is 2.19. The second-order valence-corrected chi connectivity index (χ2v) is 4.79. The molecular formula is C14H22N2. The van der Waals surface area contributed by atoms with Crippen LogP contribution >= 0.6 is 0 Å². The first-order valence-electron chi connectivity index (χ1n) is 6.32. The minimum atomic E-state index is 0.478. The Kier molecular flexibility index (Phi) is 3.97. The molecule has 1 saturated heterocycles. The zero-order valence-electron chi connectivity index (χ0n) is 10.1. The highest BCUT2D eigenvalue weighted by Crippen LogP contribution is 2.31. The van der Waals surface area contributed by atoms with Crippen LogP contribution in [0.4, 0.5) is 0 Å². The van der Waals surface area contributed by atoms with Gasteiger partial charge in [-0.05, 0) is 55.4 Å². The van der Waals surface area contributed by atoms with Crippen LogP contribution in [0.2, 0.25) is 0 Å². The van der Waals surface area contributed by atoms with Crippen molar-refractivity contribution in [3.63, 3.8) is 0 Å². The van der Waals surface area contributed by atoms with E-state index in [2.05, 4.69) is 36.5 Å². The molecule has 1 aliphatic heterocycles. The predicted octanol–water partition coefficient (Wildman–Crippen LogP) is 2.22. The van der Waals surface area contributed by atoms with Gasteiger partial charge in [-0.2, -0.15) is 0 Å². The maximum Gasteiger partial charge on any atom is -0.00108 e. The van der Waals surface area contributed by atoms with Gasteiger partial charge in [0, 0.05) is 0 Å². The van der Waals surface area contributed by atoms with E-state index in [0.717, 1.165) is 25.6 Å². The monoisotopic (exact) mass is 218 g/mol. The van der Waals surface area contributed by atoms with Gasteiger partial charge >= 0.3 is 0 Å². The lowest BCUT2D eigenvalue weighted by Crippen LogP contribution is -2.27. The Balaban J connectivity index is 2.24. The van der Waals surface area contributed by atoms with Crippen LogP contribution in [0.25, 0.3) is 0 Å². The van der Waals surface area contributed by atoms with Gasteiger partial charge in [-0.1, -0.05) is 31.2 Å². The van der Waals surface area contributed by atoms with Crippen LogP contribution in [0.3, 0.4) is 0 Å². The maximum absolute atomic E-state index is 5.79. The number of nitrogens with two attached hydrogens (primary N) is 1. The maximum atomic E-state index is 5.79. The third-order valence-corrected chi connectivity index (χ3v) is 3.66. The average Bonchev–Trinajstić information content (AvgIpc) is 2.39. The summed E-state index contributed by atoms with van der Waals surface area (Å²) in [6.45, 7) is 5.26. The summed E-state index contributed by atoms with van der Waals surface area (Å²) in [6, 6.07) is 8.82. The first-order chi connectivity index (χ1) is 7.83. The lowest BCUT2D eigenvalue weighted by atomic mass is 9.83. The van der Waals surface area contributed by atoms with E-state index >= 15 is 0 Å². The van der Waals surface area contributed by atoms with Crippen molar-refractivity contribution in [3.05, 3.63) is 35.4 Å². The smallest absolute Gasteiger partial charge is 0.00108 e. The Morgan fingerprint density at radius 1 is 1.31 bits per heavy atom. The number of piperidine rings is 1. The van der Waals surface area contributed by atoms with Crippen molar-refractivity contribution in [3.8, 4) is 0 Å². The summed E-state index contributed by atoms with van der Waals surface area (Å²) < 4.78 is 0. The summed E-state index contributed by atoms with van der Waals surface area (Å²) in [6.07, 6.45) is 2.52. The third kappa shape index (κ3) is 2.45. The number of rotatable bonds is 3. The third-order valence-electron chi connectivity index (χ3n) is 3.66. The second-order valence-electron chi connectivity index (χ2n) is 4.79. The van der Waals surface area contributed by atoms with E-state index in [1.807, 2.05) is 0 Å². The number of benzene rings is 1. The average molecular weight is 218 g/mol. The molecule has 0 aliphatic carbocycles. The Labute approximate surface area is 98.2 Å². The fourth-order valence-corrected chi connectivity index (χ4v) is 2.59. The molecule has 16 heavy (non-hydrogen) atoms. The Hall–Kier alpha value is -0.860. The van der Waals surface area contributed by atoms with Gasteiger partial charge in [-0.15, -0.1) is 0 Å². The molecule has 1 aromatic carbocycles. The van der Waals surface area contributed by atoms with Gasteiger partial charge in [0.15, 0.2) is 0 Å². The molecule has 0 radical (unpaired) electrons. The Morgan fingerprint density at radius 3 is 2.69 bits per heavy atom. The molecule has 0 bridgehead atoms. The minimum Gasteiger partial charge on any atom is -0.330 e. The van der Waals surface area contributed by atoms with Crippen molar-refractivity contribution in [2.24, 2.45) is 5.73 Å². The van der Waals surface area contributed by atoms with E-state index in [1.165, 1.54) is 24.0 Å². The lowest BCUT2D eigenvalue weighted by Gasteiger charge is -2.26. The predicted molar refractivity (Wildman–Crippen MR) is 68.8 cm³/mol.